The molecule has 2 heteroatoms. The van der Waals surface area contributed by atoms with E-state index in [1.54, 1.807) is 0 Å². The van der Waals surface area contributed by atoms with Gasteiger partial charge in [0.25, 0.3) is 0 Å². The highest BCUT2D eigenvalue weighted by Gasteiger charge is 2.23. The van der Waals surface area contributed by atoms with Gasteiger partial charge >= 0.3 is 0 Å². The lowest BCUT2D eigenvalue weighted by atomic mass is 9.90. The van der Waals surface area contributed by atoms with Crippen molar-refractivity contribution in [2.24, 2.45) is 0 Å². The average molecular weight is 300 g/mol. The molecule has 1 fully saturated rings. The smallest absolute Gasteiger partial charge is 0.0441 e. The van der Waals surface area contributed by atoms with Crippen LogP contribution in [0.4, 0.5) is 0 Å². The van der Waals surface area contributed by atoms with Gasteiger partial charge in [-0.2, -0.15) is 0 Å². The summed E-state index contributed by atoms with van der Waals surface area (Å²) in [5, 5.41) is 4.55. The van der Waals surface area contributed by atoms with E-state index in [2.05, 4.69) is 48.6 Å². The van der Waals surface area contributed by atoms with E-state index >= 15 is 0 Å². The molecule has 1 unspecified atom stereocenters. The molecule has 0 saturated heterocycles. The Morgan fingerprint density at radius 1 is 1.10 bits per heavy atom. The fourth-order valence-electron chi connectivity index (χ4n) is 2.80. The van der Waals surface area contributed by atoms with Gasteiger partial charge in [-0.25, -0.2) is 0 Å². The van der Waals surface area contributed by atoms with Gasteiger partial charge in [0.05, 0.1) is 0 Å². The molecule has 3 rings (SSSR count). The summed E-state index contributed by atoms with van der Waals surface area (Å²) in [6.07, 6.45) is 3.68. The fraction of sp³-hybridized carbons (Fsp3) is 0.368. The number of hydrogen-bond donors (Lipinski definition) is 1. The molecule has 1 aliphatic rings. The monoisotopic (exact) mass is 299 g/mol. The second-order valence-electron chi connectivity index (χ2n) is 6.03. The molecular weight excluding hydrogens is 278 g/mol. The van der Waals surface area contributed by atoms with E-state index in [9.17, 15) is 0 Å². The van der Waals surface area contributed by atoms with Gasteiger partial charge in [-0.1, -0.05) is 54.1 Å². The molecule has 0 aliphatic heterocycles. The van der Waals surface area contributed by atoms with Crippen LogP contribution < -0.4 is 5.32 Å². The molecule has 0 heterocycles. The van der Waals surface area contributed by atoms with Crippen molar-refractivity contribution in [1.29, 1.82) is 0 Å². The van der Waals surface area contributed by atoms with Crippen LogP contribution in [-0.2, 0) is 6.42 Å². The Labute approximate surface area is 132 Å². The van der Waals surface area contributed by atoms with Crippen LogP contribution >= 0.6 is 11.6 Å². The van der Waals surface area contributed by atoms with Gasteiger partial charge in [-0.3, -0.25) is 0 Å². The number of rotatable bonds is 6. The summed E-state index contributed by atoms with van der Waals surface area (Å²) in [4.78, 5) is 0. The van der Waals surface area contributed by atoms with Gasteiger partial charge in [0.2, 0.25) is 0 Å². The van der Waals surface area contributed by atoms with E-state index in [0.717, 1.165) is 24.0 Å². The van der Waals surface area contributed by atoms with Crippen LogP contribution in [0, 0.1) is 6.92 Å². The molecule has 0 radical (unpaired) electrons. The highest BCUT2D eigenvalue weighted by molar-refractivity contribution is 6.31. The van der Waals surface area contributed by atoms with Gasteiger partial charge in [0.1, 0.15) is 0 Å². The van der Waals surface area contributed by atoms with Crippen LogP contribution in [-0.4, -0.2) is 12.6 Å². The quantitative estimate of drug-likeness (QED) is 0.813. The zero-order valence-electron chi connectivity index (χ0n) is 12.5. The molecule has 0 bridgehead atoms. The molecule has 2 aromatic carbocycles. The van der Waals surface area contributed by atoms with Crippen LogP contribution in [0.5, 0.6) is 0 Å². The summed E-state index contributed by atoms with van der Waals surface area (Å²) in [7, 11) is 0. The van der Waals surface area contributed by atoms with E-state index in [1.165, 1.54) is 29.5 Å². The number of nitrogens with one attached hydrogen (secondary N) is 1. The lowest BCUT2D eigenvalue weighted by molar-refractivity contribution is 0.576. The van der Waals surface area contributed by atoms with Gasteiger partial charge in [-0.15, -0.1) is 0 Å². The summed E-state index contributed by atoms with van der Waals surface area (Å²) in [6, 6.07) is 17.6. The van der Waals surface area contributed by atoms with Crippen molar-refractivity contribution in [1.82, 2.24) is 5.32 Å². The molecule has 1 atom stereocenters. The minimum atomic E-state index is 0.431. The molecule has 1 aliphatic carbocycles. The molecule has 1 nitrogen and oxygen atoms in total. The lowest BCUT2D eigenvalue weighted by Crippen LogP contribution is -2.25. The van der Waals surface area contributed by atoms with E-state index in [-0.39, 0.29) is 0 Å². The van der Waals surface area contributed by atoms with Crippen molar-refractivity contribution in [2.75, 3.05) is 6.54 Å². The minimum Gasteiger partial charge on any atom is -0.313 e. The van der Waals surface area contributed by atoms with Crippen molar-refractivity contribution in [3.05, 3.63) is 70.2 Å². The predicted octanol–water partition coefficient (Wildman–Crippen LogP) is 4.73. The Bertz CT molecular complexity index is 604. The summed E-state index contributed by atoms with van der Waals surface area (Å²) in [5.41, 5.74) is 4.04. The summed E-state index contributed by atoms with van der Waals surface area (Å²) >= 11 is 6.43. The van der Waals surface area contributed by atoms with Crippen LogP contribution in [0.25, 0.3) is 0 Å². The summed E-state index contributed by atoms with van der Waals surface area (Å²) in [6.45, 7) is 3.19. The van der Waals surface area contributed by atoms with E-state index in [1.807, 2.05) is 12.1 Å². The Morgan fingerprint density at radius 3 is 2.52 bits per heavy atom. The first-order valence-corrected chi connectivity index (χ1v) is 8.14. The third-order valence-corrected chi connectivity index (χ3v) is 4.65. The standard InChI is InChI=1S/C19H22ClN/c1-14-6-2-3-7-15(14)12-16(13-21-17-10-11-17)18-8-4-5-9-19(18)20/h2-9,16-17,21H,10-13H2,1H3. The summed E-state index contributed by atoms with van der Waals surface area (Å²) in [5.74, 6) is 0.431. The molecular formula is C19H22ClN. The van der Waals surface area contributed by atoms with Crippen molar-refractivity contribution in [3.63, 3.8) is 0 Å². The Balaban J connectivity index is 1.81. The van der Waals surface area contributed by atoms with Crippen LogP contribution in [0.2, 0.25) is 5.02 Å². The second kappa shape index (κ2) is 6.64. The Kier molecular flexibility index (Phi) is 4.62. The number of halogens is 1. The third kappa shape index (κ3) is 3.87. The zero-order valence-corrected chi connectivity index (χ0v) is 13.2. The first-order chi connectivity index (χ1) is 10.2. The average Bonchev–Trinajstić information content (AvgIpc) is 3.30. The molecule has 0 spiro atoms. The van der Waals surface area contributed by atoms with Gasteiger partial charge in [0.15, 0.2) is 0 Å². The maximum Gasteiger partial charge on any atom is 0.0441 e. The van der Waals surface area contributed by atoms with Gasteiger partial charge in [0, 0.05) is 23.5 Å². The normalized spacial score (nSPS) is 15.9. The van der Waals surface area contributed by atoms with Crippen LogP contribution in [0.1, 0.15) is 35.4 Å². The Morgan fingerprint density at radius 2 is 1.81 bits per heavy atom. The van der Waals surface area contributed by atoms with Crippen molar-refractivity contribution >= 4 is 11.6 Å². The maximum atomic E-state index is 6.43. The molecule has 0 amide bonds. The fourth-order valence-corrected chi connectivity index (χ4v) is 3.09. The molecule has 21 heavy (non-hydrogen) atoms. The lowest BCUT2D eigenvalue weighted by Gasteiger charge is -2.20. The first kappa shape index (κ1) is 14.6. The predicted molar refractivity (Wildman–Crippen MR) is 90.1 cm³/mol. The SMILES string of the molecule is Cc1ccccc1CC(CNC1CC1)c1ccccc1Cl. The molecule has 110 valence electrons. The highest BCUT2D eigenvalue weighted by Crippen LogP contribution is 2.29. The zero-order chi connectivity index (χ0) is 14.7. The number of benzene rings is 2. The first-order valence-electron chi connectivity index (χ1n) is 7.76. The number of hydrogen-bond acceptors (Lipinski definition) is 1. The Hall–Kier alpha value is -1.31. The molecule has 0 aromatic heterocycles. The maximum absolute atomic E-state index is 6.43. The highest BCUT2D eigenvalue weighted by atomic mass is 35.5. The molecule has 2 aromatic rings. The topological polar surface area (TPSA) is 12.0 Å². The van der Waals surface area contributed by atoms with Crippen molar-refractivity contribution in [2.45, 2.75) is 38.1 Å². The largest absolute Gasteiger partial charge is 0.313 e. The van der Waals surface area contributed by atoms with Crippen LogP contribution in [0.3, 0.4) is 0 Å². The number of aryl methyl sites for hydroxylation is 1. The van der Waals surface area contributed by atoms with Crippen LogP contribution in [0.15, 0.2) is 48.5 Å². The van der Waals surface area contributed by atoms with Crippen molar-refractivity contribution in [3.8, 4) is 0 Å². The van der Waals surface area contributed by atoms with E-state index < -0.39 is 0 Å². The van der Waals surface area contributed by atoms with Gasteiger partial charge < -0.3 is 5.32 Å². The van der Waals surface area contributed by atoms with E-state index in [4.69, 9.17) is 11.6 Å². The minimum absolute atomic E-state index is 0.431. The summed E-state index contributed by atoms with van der Waals surface area (Å²) < 4.78 is 0. The van der Waals surface area contributed by atoms with Gasteiger partial charge in [-0.05, 0) is 48.9 Å². The third-order valence-electron chi connectivity index (χ3n) is 4.30. The van der Waals surface area contributed by atoms with Crippen molar-refractivity contribution < 1.29 is 0 Å². The second-order valence-corrected chi connectivity index (χ2v) is 6.44. The molecule has 1 N–H and O–H groups in total. The van der Waals surface area contributed by atoms with E-state index in [0.29, 0.717) is 5.92 Å². The molecule has 1 saturated carbocycles.